The van der Waals surface area contributed by atoms with E-state index < -0.39 is 134 Å². The van der Waals surface area contributed by atoms with E-state index in [1.54, 1.807) is 6.08 Å². The lowest BCUT2D eigenvalue weighted by Gasteiger charge is -2.29. The molecule has 24 heteroatoms. The zero-order valence-corrected chi connectivity index (χ0v) is 34.3. The first kappa shape index (κ1) is 54.6. The predicted molar refractivity (Wildman–Crippen MR) is 214 cm³/mol. The van der Waals surface area contributed by atoms with Crippen molar-refractivity contribution >= 4 is 53.3 Å². The molecule has 0 heterocycles. The number of nitrogens with two attached hydrogens (primary N) is 4. The van der Waals surface area contributed by atoms with Crippen LogP contribution in [0.4, 0.5) is 4.79 Å². The zero-order valence-electron chi connectivity index (χ0n) is 34.3. The van der Waals surface area contributed by atoms with Crippen molar-refractivity contribution in [2.45, 2.75) is 140 Å². The van der Waals surface area contributed by atoms with Gasteiger partial charge >= 0.3 is 6.03 Å². The highest BCUT2D eigenvalue weighted by atomic mass is 16.3. The number of allylic oxidation sites excluding steroid dienone is 1. The van der Waals surface area contributed by atoms with Crippen LogP contribution in [-0.4, -0.2) is 148 Å². The van der Waals surface area contributed by atoms with Crippen molar-refractivity contribution < 1.29 is 63.6 Å². The Labute approximate surface area is 348 Å². The Morgan fingerprint density at radius 3 is 1.75 bits per heavy atom. The summed E-state index contributed by atoms with van der Waals surface area (Å²) < 4.78 is 0. The number of urea groups is 1. The van der Waals surface area contributed by atoms with Crippen molar-refractivity contribution in [1.82, 2.24) is 37.2 Å². The summed E-state index contributed by atoms with van der Waals surface area (Å²) in [4.78, 5) is 114. The molecule has 0 saturated carbocycles. The fourth-order valence-electron chi connectivity index (χ4n) is 5.33. The molecule has 19 N–H and O–H groups in total. The van der Waals surface area contributed by atoms with Crippen LogP contribution >= 0.6 is 0 Å². The average molecular weight is 860 g/mol. The maximum atomic E-state index is 13.7. The molecule has 0 aliphatic heterocycles. The molecule has 0 spiro atoms. The number of aliphatic hydroxyl groups excluding tert-OH is 4. The second-order valence-electron chi connectivity index (χ2n) is 14.1. The molecule has 0 aromatic heterocycles. The molecule has 0 rings (SSSR count). The minimum absolute atomic E-state index is 0.0214. The van der Waals surface area contributed by atoms with Gasteiger partial charge in [-0.05, 0) is 52.0 Å². The minimum Gasteiger partial charge on any atom is -0.394 e. The van der Waals surface area contributed by atoms with E-state index in [1.807, 2.05) is 5.32 Å². The molecule has 10 amide bonds. The summed E-state index contributed by atoms with van der Waals surface area (Å²) in [7, 11) is 0. The monoisotopic (exact) mass is 859 g/mol. The standard InChI is InChI=1S/C36H65N11O13/c1-4-5-6-7-8-9-10-13-25(52)44-22(12-11-15-42-36(40)60)31(55)46-27(20(3)50)34(58)45-23(14-16-41-33(57)26(38)19(2)49)32(56)47-28(29(53)30(39)54)35(59)43-21(18-48)17-24(37)51/h10,13,19-23,26-29,48-50,53H,4-9,11-12,14-18,38H2,1-3H3,(H2,37,51)(H2,39,54)(H,41,57)(H,43,59)(H,44,52)(H,45,58)(H,46,55)(H,47,56)(H3,40,42,60)/b13-10-. The Bertz CT molecular complexity index is 1460. The number of rotatable bonds is 31. The molecule has 9 unspecified atom stereocenters. The van der Waals surface area contributed by atoms with Crippen LogP contribution in [0.1, 0.15) is 85.0 Å². The molecule has 0 radical (unpaired) electrons. The molecule has 60 heavy (non-hydrogen) atoms. The maximum absolute atomic E-state index is 13.7. The summed E-state index contributed by atoms with van der Waals surface area (Å²) in [6.45, 7) is 3.22. The lowest BCUT2D eigenvalue weighted by atomic mass is 10.0. The second kappa shape index (κ2) is 29.7. The van der Waals surface area contributed by atoms with Crippen LogP contribution < -0.4 is 60.2 Å². The smallest absolute Gasteiger partial charge is 0.312 e. The summed E-state index contributed by atoms with van der Waals surface area (Å²) in [5.74, 6) is -8.70. The van der Waals surface area contributed by atoms with Gasteiger partial charge in [0.2, 0.25) is 47.3 Å². The van der Waals surface area contributed by atoms with Crippen molar-refractivity contribution in [3.63, 3.8) is 0 Å². The molecule has 342 valence electrons. The third-order valence-corrected chi connectivity index (χ3v) is 8.80. The van der Waals surface area contributed by atoms with Gasteiger partial charge in [0.1, 0.15) is 30.2 Å². The highest BCUT2D eigenvalue weighted by Crippen LogP contribution is 2.07. The molecular formula is C36H65N11O13. The molecular weight excluding hydrogens is 794 g/mol. The molecule has 0 bridgehead atoms. The van der Waals surface area contributed by atoms with Gasteiger partial charge in [-0.15, -0.1) is 0 Å². The molecule has 0 aromatic carbocycles. The zero-order chi connectivity index (χ0) is 45.9. The third kappa shape index (κ3) is 22.6. The number of aliphatic hydroxyl groups is 4. The van der Waals surface area contributed by atoms with Crippen LogP contribution in [0.3, 0.4) is 0 Å². The van der Waals surface area contributed by atoms with Crippen molar-refractivity contribution in [2.24, 2.45) is 22.9 Å². The van der Waals surface area contributed by atoms with Crippen molar-refractivity contribution in [2.75, 3.05) is 19.7 Å². The van der Waals surface area contributed by atoms with Gasteiger partial charge in [-0.1, -0.05) is 38.7 Å². The van der Waals surface area contributed by atoms with E-state index in [1.165, 1.54) is 13.0 Å². The molecule has 0 saturated heterocycles. The Morgan fingerprint density at radius 1 is 0.633 bits per heavy atom. The predicted octanol–water partition coefficient (Wildman–Crippen LogP) is -5.92. The highest BCUT2D eigenvalue weighted by Gasteiger charge is 2.37. The Morgan fingerprint density at radius 2 is 1.22 bits per heavy atom. The Balaban J connectivity index is 6.43. The van der Waals surface area contributed by atoms with E-state index in [-0.39, 0.29) is 19.4 Å². The minimum atomic E-state index is -2.41. The molecule has 0 aromatic rings. The summed E-state index contributed by atoms with van der Waals surface area (Å²) in [6.07, 6.45) is 2.18. The lowest BCUT2D eigenvalue weighted by Crippen LogP contribution is -2.63. The van der Waals surface area contributed by atoms with Gasteiger partial charge in [0, 0.05) is 19.5 Å². The van der Waals surface area contributed by atoms with Crippen LogP contribution in [-0.2, 0) is 38.4 Å². The number of nitrogens with one attached hydrogen (secondary N) is 7. The Hall–Kier alpha value is -5.43. The lowest BCUT2D eigenvalue weighted by molar-refractivity contribution is -0.140. The van der Waals surface area contributed by atoms with Crippen molar-refractivity contribution in [1.29, 1.82) is 0 Å². The highest BCUT2D eigenvalue weighted by molar-refractivity contribution is 5.98. The van der Waals surface area contributed by atoms with E-state index in [9.17, 15) is 63.6 Å². The first-order chi connectivity index (χ1) is 28.2. The van der Waals surface area contributed by atoms with E-state index >= 15 is 0 Å². The topological polar surface area (TPSA) is 423 Å². The van der Waals surface area contributed by atoms with Gasteiger partial charge in [-0.3, -0.25) is 38.4 Å². The maximum Gasteiger partial charge on any atom is 0.312 e. The van der Waals surface area contributed by atoms with Crippen LogP contribution in [0, 0.1) is 0 Å². The van der Waals surface area contributed by atoms with E-state index in [0.29, 0.717) is 6.42 Å². The van der Waals surface area contributed by atoms with Gasteiger partial charge in [0.05, 0.1) is 24.9 Å². The quantitative estimate of drug-likeness (QED) is 0.0228. The van der Waals surface area contributed by atoms with Gasteiger partial charge in [-0.25, -0.2) is 4.79 Å². The van der Waals surface area contributed by atoms with Gasteiger partial charge in [0.25, 0.3) is 0 Å². The summed E-state index contributed by atoms with van der Waals surface area (Å²) in [5, 5.41) is 56.3. The third-order valence-electron chi connectivity index (χ3n) is 8.80. The van der Waals surface area contributed by atoms with E-state index in [4.69, 9.17) is 22.9 Å². The van der Waals surface area contributed by atoms with Crippen molar-refractivity contribution in [3.8, 4) is 0 Å². The first-order valence-corrected chi connectivity index (χ1v) is 19.6. The van der Waals surface area contributed by atoms with Gasteiger partial charge < -0.3 is 80.6 Å². The Kier molecular flexibility index (Phi) is 27.0. The SMILES string of the molecule is CCCCCCC/C=C\C(=O)NC(CCCNC(N)=O)C(=O)NC(C(=O)NC(CCNC(=O)C(N)C(C)O)C(=O)NC(C(=O)NC(CO)CC(N)=O)C(O)C(N)=O)C(C)O. The molecule has 0 aliphatic rings. The summed E-state index contributed by atoms with van der Waals surface area (Å²) in [5.41, 5.74) is 21.0. The number of hydrogen-bond acceptors (Lipinski definition) is 14. The largest absolute Gasteiger partial charge is 0.394 e. The number of hydrogen-bond donors (Lipinski definition) is 15. The van der Waals surface area contributed by atoms with Crippen LogP contribution in [0.25, 0.3) is 0 Å². The molecule has 0 aliphatic carbocycles. The number of amides is 10. The van der Waals surface area contributed by atoms with Gasteiger partial charge in [0.15, 0.2) is 6.10 Å². The molecule has 0 fully saturated rings. The number of unbranched alkanes of at least 4 members (excludes halogenated alkanes) is 5. The second-order valence-corrected chi connectivity index (χ2v) is 14.1. The van der Waals surface area contributed by atoms with E-state index in [2.05, 4.69) is 38.8 Å². The summed E-state index contributed by atoms with van der Waals surface area (Å²) in [6, 6.07) is -10.6. The summed E-state index contributed by atoms with van der Waals surface area (Å²) >= 11 is 0. The van der Waals surface area contributed by atoms with Crippen molar-refractivity contribution in [3.05, 3.63) is 12.2 Å². The fraction of sp³-hybridized carbons (Fsp3) is 0.694. The molecule has 9 atom stereocenters. The van der Waals surface area contributed by atoms with Crippen LogP contribution in [0.2, 0.25) is 0 Å². The van der Waals surface area contributed by atoms with Crippen LogP contribution in [0.15, 0.2) is 12.2 Å². The normalized spacial score (nSPS) is 15.7. The number of carbonyl (C=O) groups excluding carboxylic acids is 9. The molecule has 24 nitrogen and oxygen atoms in total. The van der Waals surface area contributed by atoms with Gasteiger partial charge in [-0.2, -0.15) is 0 Å². The fourth-order valence-corrected chi connectivity index (χ4v) is 5.33. The number of primary amides is 3. The first-order valence-electron chi connectivity index (χ1n) is 19.6. The average Bonchev–Trinajstić information content (AvgIpc) is 3.17. The van der Waals surface area contributed by atoms with E-state index in [0.717, 1.165) is 39.0 Å². The number of carbonyl (C=O) groups is 9. The van der Waals surface area contributed by atoms with Crippen LogP contribution in [0.5, 0.6) is 0 Å².